The summed E-state index contributed by atoms with van der Waals surface area (Å²) in [7, 11) is 0. The number of ether oxygens (including phenoxy) is 2. The number of hydrogen-bond donors (Lipinski definition) is 0. The molecule has 2 rings (SSSR count). The fourth-order valence-corrected chi connectivity index (χ4v) is 2.12. The molecule has 0 atom stereocenters. The second-order valence-electron chi connectivity index (χ2n) is 4.25. The first-order valence-electron chi connectivity index (χ1n) is 5.82. The monoisotopic (exact) mass is 227 g/mol. The Morgan fingerprint density at radius 1 is 1.31 bits per heavy atom. The molecule has 2 amide bonds. The zero-order valence-electron chi connectivity index (χ0n) is 9.31. The van der Waals surface area contributed by atoms with Gasteiger partial charge in [-0.3, -0.25) is 4.79 Å². The maximum Gasteiger partial charge on any atom is 0.416 e. The van der Waals surface area contributed by atoms with E-state index < -0.39 is 6.09 Å². The smallest absolute Gasteiger partial charge is 0.416 e. The number of rotatable bonds is 3. The zero-order valence-corrected chi connectivity index (χ0v) is 9.31. The normalized spacial score (nSPS) is 22.2. The van der Waals surface area contributed by atoms with Crippen LogP contribution in [0.3, 0.4) is 0 Å². The van der Waals surface area contributed by atoms with Crippen molar-refractivity contribution in [1.29, 1.82) is 0 Å². The van der Waals surface area contributed by atoms with E-state index in [-0.39, 0.29) is 5.91 Å². The summed E-state index contributed by atoms with van der Waals surface area (Å²) >= 11 is 0. The lowest BCUT2D eigenvalue weighted by molar-refractivity contribution is -0.128. The molecule has 0 radical (unpaired) electrons. The molecule has 2 fully saturated rings. The Morgan fingerprint density at radius 2 is 2.06 bits per heavy atom. The van der Waals surface area contributed by atoms with Gasteiger partial charge in [-0.05, 0) is 25.2 Å². The van der Waals surface area contributed by atoms with Gasteiger partial charge >= 0.3 is 6.09 Å². The summed E-state index contributed by atoms with van der Waals surface area (Å²) in [5, 5.41) is 0. The van der Waals surface area contributed by atoms with E-state index in [0.29, 0.717) is 25.5 Å². The van der Waals surface area contributed by atoms with Crippen molar-refractivity contribution in [3.05, 3.63) is 0 Å². The summed E-state index contributed by atoms with van der Waals surface area (Å²) in [6.07, 6.45) is 2.86. The van der Waals surface area contributed by atoms with Gasteiger partial charge in [0.05, 0.1) is 6.54 Å². The van der Waals surface area contributed by atoms with Crippen LogP contribution in [0.5, 0.6) is 0 Å². The number of hydrogen-bond acceptors (Lipinski definition) is 4. The lowest BCUT2D eigenvalue weighted by Gasteiger charge is -2.22. The number of nitrogens with zero attached hydrogens (tertiary/aromatic N) is 1. The number of amides is 2. The van der Waals surface area contributed by atoms with Gasteiger partial charge in [0.2, 0.25) is 5.91 Å². The fraction of sp³-hybridized carbons (Fsp3) is 0.818. The highest BCUT2D eigenvalue weighted by atomic mass is 16.6. The summed E-state index contributed by atoms with van der Waals surface area (Å²) in [5.74, 6) is 0.463. The van der Waals surface area contributed by atoms with Gasteiger partial charge in [0.1, 0.15) is 6.61 Å². The highest BCUT2D eigenvalue weighted by Crippen LogP contribution is 2.20. The first kappa shape index (κ1) is 11.4. The van der Waals surface area contributed by atoms with Crippen molar-refractivity contribution in [2.24, 2.45) is 5.92 Å². The third-order valence-corrected chi connectivity index (χ3v) is 3.17. The third kappa shape index (κ3) is 2.72. The van der Waals surface area contributed by atoms with Crippen LogP contribution >= 0.6 is 0 Å². The minimum atomic E-state index is -0.489. The van der Waals surface area contributed by atoms with Gasteiger partial charge in [-0.2, -0.15) is 0 Å². The molecule has 0 aliphatic carbocycles. The van der Waals surface area contributed by atoms with Crippen LogP contribution in [0.15, 0.2) is 0 Å². The molecular formula is C11H17NO4. The lowest BCUT2D eigenvalue weighted by Crippen LogP contribution is -2.32. The van der Waals surface area contributed by atoms with Gasteiger partial charge in [0.25, 0.3) is 0 Å². The summed E-state index contributed by atoms with van der Waals surface area (Å²) in [6, 6.07) is 0. The van der Waals surface area contributed by atoms with Gasteiger partial charge in [0, 0.05) is 19.6 Å². The molecule has 0 N–H and O–H groups in total. The first-order chi connectivity index (χ1) is 7.77. The van der Waals surface area contributed by atoms with Crippen molar-refractivity contribution in [1.82, 2.24) is 4.90 Å². The maximum atomic E-state index is 11.7. The molecule has 2 aliphatic heterocycles. The average Bonchev–Trinajstić information content (AvgIpc) is 2.74. The number of cyclic esters (lactones) is 1. The molecule has 90 valence electrons. The van der Waals surface area contributed by atoms with Crippen LogP contribution < -0.4 is 0 Å². The molecule has 5 nitrogen and oxygen atoms in total. The van der Waals surface area contributed by atoms with E-state index in [9.17, 15) is 9.59 Å². The predicted molar refractivity (Wildman–Crippen MR) is 55.8 cm³/mol. The van der Waals surface area contributed by atoms with E-state index in [1.165, 1.54) is 4.90 Å². The van der Waals surface area contributed by atoms with Crippen LogP contribution in [0.2, 0.25) is 0 Å². The van der Waals surface area contributed by atoms with Crippen LogP contribution in [-0.2, 0) is 14.3 Å². The quantitative estimate of drug-likeness (QED) is 0.726. The van der Waals surface area contributed by atoms with E-state index in [1.807, 2.05) is 0 Å². The summed E-state index contributed by atoms with van der Waals surface area (Å²) in [6.45, 7) is 2.34. The van der Waals surface area contributed by atoms with Gasteiger partial charge in [0.15, 0.2) is 0 Å². The van der Waals surface area contributed by atoms with Crippen molar-refractivity contribution in [3.8, 4) is 0 Å². The minimum absolute atomic E-state index is 0.103. The fourth-order valence-electron chi connectivity index (χ4n) is 2.12. The van der Waals surface area contributed by atoms with Crippen molar-refractivity contribution < 1.29 is 19.1 Å². The van der Waals surface area contributed by atoms with Gasteiger partial charge < -0.3 is 9.47 Å². The third-order valence-electron chi connectivity index (χ3n) is 3.17. The van der Waals surface area contributed by atoms with Crippen molar-refractivity contribution in [3.63, 3.8) is 0 Å². The van der Waals surface area contributed by atoms with E-state index in [4.69, 9.17) is 9.47 Å². The van der Waals surface area contributed by atoms with Crippen molar-refractivity contribution >= 4 is 12.0 Å². The van der Waals surface area contributed by atoms with Crippen LogP contribution in [0.4, 0.5) is 4.79 Å². The number of imide groups is 1. The largest absolute Gasteiger partial charge is 0.447 e. The second-order valence-corrected chi connectivity index (χ2v) is 4.25. The van der Waals surface area contributed by atoms with Crippen LogP contribution in [-0.4, -0.2) is 43.3 Å². The van der Waals surface area contributed by atoms with E-state index in [0.717, 1.165) is 32.5 Å². The van der Waals surface area contributed by atoms with Crippen molar-refractivity contribution in [2.45, 2.75) is 25.7 Å². The number of carbonyl (C=O) groups excluding carboxylic acids is 2. The van der Waals surface area contributed by atoms with Gasteiger partial charge in [-0.1, -0.05) is 0 Å². The molecule has 2 saturated heterocycles. The molecule has 5 heteroatoms. The molecule has 0 aromatic carbocycles. The molecule has 0 unspecified atom stereocenters. The van der Waals surface area contributed by atoms with E-state index in [2.05, 4.69) is 0 Å². The van der Waals surface area contributed by atoms with Gasteiger partial charge in [-0.15, -0.1) is 0 Å². The maximum absolute atomic E-state index is 11.7. The molecule has 0 spiro atoms. The van der Waals surface area contributed by atoms with Crippen LogP contribution in [0.1, 0.15) is 25.7 Å². The molecule has 2 heterocycles. The molecule has 0 aromatic heterocycles. The molecular weight excluding hydrogens is 210 g/mol. The van der Waals surface area contributed by atoms with Crippen LogP contribution in [0.25, 0.3) is 0 Å². The zero-order chi connectivity index (χ0) is 11.4. The first-order valence-corrected chi connectivity index (χ1v) is 5.82. The Bertz CT molecular complexity index is 273. The molecule has 0 saturated carbocycles. The van der Waals surface area contributed by atoms with Gasteiger partial charge in [-0.25, -0.2) is 9.69 Å². The lowest BCUT2D eigenvalue weighted by atomic mass is 9.95. The predicted octanol–water partition coefficient (Wildman–Crippen LogP) is 1.17. The SMILES string of the molecule is O=C(CCC1CCOCC1)N1CCOC1=O. The Morgan fingerprint density at radius 3 is 2.69 bits per heavy atom. The molecule has 0 bridgehead atoms. The average molecular weight is 227 g/mol. The Kier molecular flexibility index (Phi) is 3.77. The minimum Gasteiger partial charge on any atom is -0.447 e. The Balaban J connectivity index is 1.72. The molecule has 16 heavy (non-hydrogen) atoms. The summed E-state index contributed by atoms with van der Waals surface area (Å²) < 4.78 is 9.98. The number of carbonyl (C=O) groups is 2. The van der Waals surface area contributed by atoms with E-state index >= 15 is 0 Å². The standard InChI is InChI=1S/C11H17NO4/c13-10(12-5-8-16-11(12)14)2-1-9-3-6-15-7-4-9/h9H,1-8H2. The summed E-state index contributed by atoms with van der Waals surface area (Å²) in [5.41, 5.74) is 0. The second kappa shape index (κ2) is 5.30. The summed E-state index contributed by atoms with van der Waals surface area (Å²) in [4.78, 5) is 24.0. The highest BCUT2D eigenvalue weighted by molar-refractivity contribution is 5.92. The highest BCUT2D eigenvalue weighted by Gasteiger charge is 2.28. The molecule has 0 aromatic rings. The Labute approximate surface area is 94.7 Å². The van der Waals surface area contributed by atoms with Crippen LogP contribution in [0, 0.1) is 5.92 Å². The topological polar surface area (TPSA) is 55.8 Å². The van der Waals surface area contributed by atoms with Crippen molar-refractivity contribution in [2.75, 3.05) is 26.4 Å². The van der Waals surface area contributed by atoms with E-state index in [1.54, 1.807) is 0 Å². The molecule has 2 aliphatic rings. The Hall–Kier alpha value is -1.10.